The number of aliphatic hydroxyl groups excluding tert-OH is 1. The highest BCUT2D eigenvalue weighted by molar-refractivity contribution is 6.46. The van der Waals surface area contributed by atoms with E-state index in [9.17, 15) is 14.7 Å². The molecule has 1 atom stereocenters. The van der Waals surface area contributed by atoms with Crippen LogP contribution >= 0.6 is 0 Å². The molecule has 0 spiro atoms. The first kappa shape index (κ1) is 23.1. The average Bonchev–Trinajstić information content (AvgIpc) is 3.08. The second-order valence-electron chi connectivity index (χ2n) is 7.15. The number of aliphatic hydroxyl groups is 1. The van der Waals surface area contributed by atoms with Gasteiger partial charge in [0, 0.05) is 20.3 Å². The Morgan fingerprint density at radius 3 is 2.28 bits per heavy atom. The van der Waals surface area contributed by atoms with Crippen LogP contribution in [0.2, 0.25) is 0 Å². The SMILES string of the molecule is COCCCN1C(=O)C(=O)/C(=C(\O)c2ccccc2OC)C1c1ccc(OC)c(OC)c1. The van der Waals surface area contributed by atoms with Gasteiger partial charge in [0.1, 0.15) is 11.5 Å². The maximum absolute atomic E-state index is 13.1. The van der Waals surface area contributed by atoms with Crippen molar-refractivity contribution in [2.24, 2.45) is 0 Å². The molecule has 0 radical (unpaired) electrons. The molecular weight excluding hydrogens is 414 g/mol. The number of carbonyl (C=O) groups is 2. The number of ether oxygens (including phenoxy) is 4. The zero-order valence-electron chi connectivity index (χ0n) is 18.6. The number of carbonyl (C=O) groups excluding carboxylic acids is 2. The van der Waals surface area contributed by atoms with Crippen LogP contribution in [-0.2, 0) is 14.3 Å². The van der Waals surface area contributed by atoms with Crippen LogP contribution < -0.4 is 14.2 Å². The number of hydrogen-bond donors (Lipinski definition) is 1. The minimum absolute atomic E-state index is 0.0101. The molecule has 1 amide bonds. The van der Waals surface area contributed by atoms with E-state index in [0.29, 0.717) is 41.4 Å². The van der Waals surface area contributed by atoms with Gasteiger partial charge in [0.2, 0.25) is 0 Å². The number of para-hydroxylation sites is 1. The Kier molecular flexibility index (Phi) is 7.37. The van der Waals surface area contributed by atoms with Gasteiger partial charge in [-0.3, -0.25) is 9.59 Å². The molecule has 1 fully saturated rings. The van der Waals surface area contributed by atoms with Gasteiger partial charge in [0.05, 0.1) is 38.5 Å². The summed E-state index contributed by atoms with van der Waals surface area (Å²) in [5.74, 6) is -0.388. The van der Waals surface area contributed by atoms with Crippen molar-refractivity contribution >= 4 is 17.4 Å². The summed E-state index contributed by atoms with van der Waals surface area (Å²) in [5, 5.41) is 11.2. The summed E-state index contributed by atoms with van der Waals surface area (Å²) in [5.41, 5.74) is 0.926. The van der Waals surface area contributed by atoms with Gasteiger partial charge in [-0.1, -0.05) is 18.2 Å². The zero-order chi connectivity index (χ0) is 23.3. The molecule has 1 saturated heterocycles. The van der Waals surface area contributed by atoms with E-state index in [1.807, 2.05) is 0 Å². The second kappa shape index (κ2) is 10.2. The van der Waals surface area contributed by atoms with Gasteiger partial charge in [0.25, 0.3) is 11.7 Å². The molecule has 1 N–H and O–H groups in total. The fraction of sp³-hybridized carbons (Fsp3) is 0.333. The largest absolute Gasteiger partial charge is 0.507 e. The van der Waals surface area contributed by atoms with Gasteiger partial charge in [-0.15, -0.1) is 0 Å². The number of likely N-dealkylation sites (tertiary alicyclic amines) is 1. The minimum Gasteiger partial charge on any atom is -0.507 e. The number of hydrogen-bond acceptors (Lipinski definition) is 7. The average molecular weight is 441 g/mol. The van der Waals surface area contributed by atoms with Crippen LogP contribution in [0.3, 0.4) is 0 Å². The molecule has 0 aliphatic carbocycles. The third-order valence-electron chi connectivity index (χ3n) is 5.37. The summed E-state index contributed by atoms with van der Waals surface area (Å²) in [6.07, 6.45) is 0.530. The van der Waals surface area contributed by atoms with Crippen molar-refractivity contribution in [2.45, 2.75) is 12.5 Å². The van der Waals surface area contributed by atoms with E-state index in [4.69, 9.17) is 18.9 Å². The van der Waals surface area contributed by atoms with Crippen LogP contribution in [0.1, 0.15) is 23.6 Å². The Hall–Kier alpha value is -3.52. The van der Waals surface area contributed by atoms with Crippen molar-refractivity contribution in [2.75, 3.05) is 41.6 Å². The number of Topliss-reactive ketones (excluding diaryl/α,β-unsaturated/α-hetero) is 1. The highest BCUT2D eigenvalue weighted by Gasteiger charge is 2.46. The number of rotatable bonds is 9. The molecular formula is C24H27NO7. The Bertz CT molecular complexity index is 1030. The molecule has 2 aromatic carbocycles. The summed E-state index contributed by atoms with van der Waals surface area (Å²) in [6.45, 7) is 0.703. The molecule has 0 saturated carbocycles. The lowest BCUT2D eigenvalue weighted by atomic mass is 9.94. The van der Waals surface area contributed by atoms with Crippen LogP contribution in [0.15, 0.2) is 48.0 Å². The molecule has 32 heavy (non-hydrogen) atoms. The maximum atomic E-state index is 13.1. The van der Waals surface area contributed by atoms with Crippen LogP contribution in [-0.4, -0.2) is 63.3 Å². The molecule has 8 nitrogen and oxygen atoms in total. The van der Waals surface area contributed by atoms with Crippen LogP contribution in [0, 0.1) is 0 Å². The van der Waals surface area contributed by atoms with E-state index in [2.05, 4.69) is 0 Å². The smallest absolute Gasteiger partial charge is 0.295 e. The van der Waals surface area contributed by atoms with Gasteiger partial charge in [-0.25, -0.2) is 0 Å². The van der Waals surface area contributed by atoms with E-state index >= 15 is 0 Å². The third-order valence-corrected chi connectivity index (χ3v) is 5.37. The lowest BCUT2D eigenvalue weighted by molar-refractivity contribution is -0.140. The van der Waals surface area contributed by atoms with Crippen molar-refractivity contribution in [1.29, 1.82) is 0 Å². The van der Waals surface area contributed by atoms with Gasteiger partial charge >= 0.3 is 0 Å². The Morgan fingerprint density at radius 1 is 0.938 bits per heavy atom. The third kappa shape index (κ3) is 4.27. The number of ketones is 1. The molecule has 0 bridgehead atoms. The minimum atomic E-state index is -0.809. The first-order valence-electron chi connectivity index (χ1n) is 10.1. The van der Waals surface area contributed by atoms with Crippen LogP contribution in [0.25, 0.3) is 5.76 Å². The van der Waals surface area contributed by atoms with Crippen molar-refractivity contribution in [3.8, 4) is 17.2 Å². The molecule has 2 aromatic rings. The highest BCUT2D eigenvalue weighted by Crippen LogP contribution is 2.43. The predicted molar refractivity (Wildman–Crippen MR) is 118 cm³/mol. The molecule has 170 valence electrons. The Balaban J connectivity index is 2.20. The summed E-state index contributed by atoms with van der Waals surface area (Å²) in [6, 6.07) is 11.1. The van der Waals surface area contributed by atoms with Gasteiger partial charge in [0.15, 0.2) is 11.5 Å². The molecule has 8 heteroatoms. The molecule has 3 rings (SSSR count). The monoisotopic (exact) mass is 441 g/mol. The van der Waals surface area contributed by atoms with Crippen molar-refractivity contribution in [3.05, 3.63) is 59.2 Å². The van der Waals surface area contributed by atoms with E-state index < -0.39 is 17.7 Å². The second-order valence-corrected chi connectivity index (χ2v) is 7.15. The van der Waals surface area contributed by atoms with E-state index in [1.165, 1.54) is 26.2 Å². The van der Waals surface area contributed by atoms with Crippen molar-refractivity contribution in [1.82, 2.24) is 4.90 Å². The quantitative estimate of drug-likeness (QED) is 0.276. The summed E-state index contributed by atoms with van der Waals surface area (Å²) in [4.78, 5) is 27.5. The topological polar surface area (TPSA) is 94.5 Å². The summed E-state index contributed by atoms with van der Waals surface area (Å²) in [7, 11) is 6.07. The molecule has 1 aliphatic heterocycles. The van der Waals surface area contributed by atoms with Crippen LogP contribution in [0.5, 0.6) is 17.2 Å². The van der Waals surface area contributed by atoms with E-state index in [1.54, 1.807) is 49.6 Å². The fourth-order valence-corrected chi connectivity index (χ4v) is 3.84. The van der Waals surface area contributed by atoms with Crippen LogP contribution in [0.4, 0.5) is 0 Å². The first-order valence-corrected chi connectivity index (χ1v) is 10.1. The van der Waals surface area contributed by atoms with Crippen molar-refractivity contribution in [3.63, 3.8) is 0 Å². The molecule has 1 heterocycles. The summed E-state index contributed by atoms with van der Waals surface area (Å²) >= 11 is 0. The lowest BCUT2D eigenvalue weighted by Gasteiger charge is -2.26. The molecule has 1 unspecified atom stereocenters. The number of methoxy groups -OCH3 is 4. The van der Waals surface area contributed by atoms with Gasteiger partial charge < -0.3 is 29.0 Å². The zero-order valence-corrected chi connectivity index (χ0v) is 18.6. The Labute approximate surface area is 187 Å². The lowest BCUT2D eigenvalue weighted by Crippen LogP contribution is -2.31. The number of nitrogens with zero attached hydrogens (tertiary/aromatic N) is 1. The standard InChI is InChI=1S/C24H27NO7/c1-29-13-7-12-25-21(15-10-11-18(31-3)19(14-15)32-4)20(23(27)24(25)28)22(26)16-8-5-6-9-17(16)30-2/h5-6,8-11,14,21,26H,7,12-13H2,1-4H3/b22-20-. The van der Waals surface area contributed by atoms with Gasteiger partial charge in [-0.2, -0.15) is 0 Å². The maximum Gasteiger partial charge on any atom is 0.295 e. The summed E-state index contributed by atoms with van der Waals surface area (Å²) < 4.78 is 21.2. The van der Waals surface area contributed by atoms with E-state index in [0.717, 1.165) is 0 Å². The number of benzene rings is 2. The normalized spacial score (nSPS) is 17.5. The van der Waals surface area contributed by atoms with E-state index in [-0.39, 0.29) is 17.9 Å². The first-order chi connectivity index (χ1) is 15.5. The molecule has 1 aliphatic rings. The van der Waals surface area contributed by atoms with Crippen molar-refractivity contribution < 1.29 is 33.6 Å². The molecule has 0 aromatic heterocycles. The highest BCUT2D eigenvalue weighted by atomic mass is 16.5. The number of amides is 1. The fourth-order valence-electron chi connectivity index (χ4n) is 3.84. The van der Waals surface area contributed by atoms with Gasteiger partial charge in [-0.05, 0) is 36.2 Å². The Morgan fingerprint density at radius 2 is 1.62 bits per heavy atom. The predicted octanol–water partition coefficient (Wildman–Crippen LogP) is 3.17.